The lowest BCUT2D eigenvalue weighted by molar-refractivity contribution is -0.135. The van der Waals surface area contributed by atoms with Crippen LogP contribution < -0.4 is 15.1 Å². The van der Waals surface area contributed by atoms with Gasteiger partial charge >= 0.3 is 23.9 Å². The number of halogens is 1. The molecule has 3 saturated heterocycles. The average molecular weight is 1670 g/mol. The van der Waals surface area contributed by atoms with E-state index in [1.54, 1.807) is 20.8 Å². The Morgan fingerprint density at radius 3 is 1.16 bits per heavy atom. The summed E-state index contributed by atoms with van der Waals surface area (Å²) in [7, 11) is 4.08. The summed E-state index contributed by atoms with van der Waals surface area (Å²) in [6, 6.07) is 5.60. The molecule has 111 heavy (non-hydrogen) atoms. The third-order valence-electron chi connectivity index (χ3n) is 19.5. The van der Waals surface area contributed by atoms with Gasteiger partial charge in [0.2, 0.25) is 29.5 Å². The summed E-state index contributed by atoms with van der Waals surface area (Å²) in [4.78, 5) is 130. The number of hydrogen-bond acceptors (Lipinski definition) is 17. The predicted octanol–water partition coefficient (Wildman–Crippen LogP) is 18.3. The maximum absolute atomic E-state index is 14.1. The highest BCUT2D eigenvalue weighted by atomic mass is 79.9. The molecular formula is C87H119BrN6O13S4. The van der Waals surface area contributed by atoms with Crippen molar-refractivity contribution in [3.8, 4) is 47.4 Å². The van der Waals surface area contributed by atoms with Crippen LogP contribution in [0.5, 0.6) is 0 Å². The largest absolute Gasteiger partial charge is 0.477 e. The number of ether oxygens (including phenoxy) is 3. The van der Waals surface area contributed by atoms with Gasteiger partial charge in [-0.15, -0.1) is 45.3 Å². The molecule has 606 valence electrons. The first kappa shape index (κ1) is 92.4. The number of carbonyl (C=O) groups excluding carboxylic acids is 8. The predicted molar refractivity (Wildman–Crippen MR) is 452 cm³/mol. The van der Waals surface area contributed by atoms with E-state index in [9.17, 15) is 48.3 Å². The van der Waals surface area contributed by atoms with Crippen LogP contribution in [0.3, 0.4) is 0 Å². The van der Waals surface area contributed by atoms with Gasteiger partial charge in [0.15, 0.2) is 0 Å². The highest BCUT2D eigenvalue weighted by molar-refractivity contribution is 9.10. The third-order valence-corrected chi connectivity index (χ3v) is 24.5. The third kappa shape index (κ3) is 27.7. The number of amides is 5. The van der Waals surface area contributed by atoms with Gasteiger partial charge in [-0.25, -0.2) is 19.2 Å². The van der Waals surface area contributed by atoms with Crippen LogP contribution >= 0.6 is 61.3 Å². The SMILES string of the molecule is CCN1CCCC[C@H](N(C(=O)C2CCC(C)CC2)c2cc(C#CC(C)(C)C)sc2C(=O)O)C1=O.CCN1CCCC[C@H](N(C(=O)C2CCC(C)CC2)c2cc(C#CC(C)(C)C)sc2C(=O)OC)C1=O.CCN1CCCC[C@H](Nc2cc(C#CC(C)(C)C)sc2C(=O)OC)C1=O.COC(=O)c1sc(C#CC(C)(C)C)cc1Br. The molecule has 5 fully saturated rings. The number of nitrogens with zero attached hydrogens (tertiary/aromatic N) is 5. The minimum Gasteiger partial charge on any atom is -0.477 e. The number of nitrogens with one attached hydrogen (secondary N) is 1. The summed E-state index contributed by atoms with van der Waals surface area (Å²) in [6.45, 7) is 38.7. The molecule has 2 saturated carbocycles. The second-order valence-corrected chi connectivity index (χ2v) is 38.4. The normalized spacial score (nSPS) is 20.3. The van der Waals surface area contributed by atoms with Crippen molar-refractivity contribution in [2.75, 3.05) is 75.7 Å². The highest BCUT2D eigenvalue weighted by Crippen LogP contribution is 2.41. The molecule has 0 aromatic carbocycles. The summed E-state index contributed by atoms with van der Waals surface area (Å²) < 4.78 is 15.4. The minimum atomic E-state index is -1.09. The lowest BCUT2D eigenvalue weighted by Crippen LogP contribution is -2.52. The fourth-order valence-electron chi connectivity index (χ4n) is 13.4. The zero-order valence-corrected chi connectivity index (χ0v) is 74.1. The fourth-order valence-corrected chi connectivity index (χ4v) is 17.7. The number of carbonyl (C=O) groups is 9. The van der Waals surface area contributed by atoms with Crippen molar-refractivity contribution >= 4 is 132 Å². The first-order valence-electron chi connectivity index (χ1n) is 39.3. The number of esters is 3. The molecule has 2 N–H and O–H groups in total. The Balaban J connectivity index is 0.000000239. The summed E-state index contributed by atoms with van der Waals surface area (Å²) in [6.07, 6.45) is 14.5. The minimum absolute atomic E-state index is 0.0353. The van der Waals surface area contributed by atoms with E-state index in [0.717, 1.165) is 128 Å². The summed E-state index contributed by atoms with van der Waals surface area (Å²) in [5.41, 5.74) is 0.833. The number of likely N-dealkylation sites (N-methyl/N-ethyl adjacent to an activating group) is 3. The van der Waals surface area contributed by atoms with Crippen molar-refractivity contribution in [1.82, 2.24) is 14.7 Å². The zero-order chi connectivity index (χ0) is 82.5. The van der Waals surface area contributed by atoms with Crippen molar-refractivity contribution in [2.24, 2.45) is 45.3 Å². The molecule has 3 atom stereocenters. The van der Waals surface area contributed by atoms with E-state index in [2.05, 4.69) is 87.2 Å². The van der Waals surface area contributed by atoms with Crippen molar-refractivity contribution in [3.63, 3.8) is 0 Å². The van der Waals surface area contributed by atoms with Crippen LogP contribution in [-0.2, 0) is 38.2 Å². The van der Waals surface area contributed by atoms with Gasteiger partial charge in [0.1, 0.15) is 37.6 Å². The van der Waals surface area contributed by atoms with Gasteiger partial charge in [-0.05, 0) is 265 Å². The van der Waals surface area contributed by atoms with Gasteiger partial charge in [-0.1, -0.05) is 61.2 Å². The van der Waals surface area contributed by atoms with Crippen LogP contribution in [0.1, 0.15) is 285 Å². The average Bonchev–Trinajstić information content (AvgIpc) is 1.69. The molecule has 24 heteroatoms. The molecule has 0 unspecified atom stereocenters. The number of aromatic carboxylic acids is 1. The van der Waals surface area contributed by atoms with E-state index < -0.39 is 30.0 Å². The molecule has 7 heterocycles. The monoisotopic (exact) mass is 1660 g/mol. The van der Waals surface area contributed by atoms with Crippen LogP contribution in [0.15, 0.2) is 28.7 Å². The van der Waals surface area contributed by atoms with Gasteiger partial charge in [0, 0.05) is 77.2 Å². The van der Waals surface area contributed by atoms with E-state index in [1.165, 1.54) is 55.3 Å². The van der Waals surface area contributed by atoms with Crippen molar-refractivity contribution in [1.29, 1.82) is 0 Å². The zero-order valence-electron chi connectivity index (χ0n) is 69.2. The number of methoxy groups -OCH3 is 3. The maximum Gasteiger partial charge on any atom is 0.350 e. The van der Waals surface area contributed by atoms with Crippen molar-refractivity contribution < 1.29 is 62.5 Å². The molecule has 0 radical (unpaired) electrons. The molecule has 0 spiro atoms. The van der Waals surface area contributed by atoms with E-state index in [-0.39, 0.29) is 79.9 Å². The first-order valence-corrected chi connectivity index (χ1v) is 43.3. The molecule has 4 aromatic heterocycles. The molecular weight excluding hydrogens is 1550 g/mol. The number of rotatable bonds is 15. The van der Waals surface area contributed by atoms with E-state index in [1.807, 2.05) is 132 Å². The van der Waals surface area contributed by atoms with E-state index >= 15 is 0 Å². The number of carboxylic acid groups (broad SMARTS) is 1. The van der Waals surface area contributed by atoms with Gasteiger partial charge in [0.05, 0.1) is 57.9 Å². The van der Waals surface area contributed by atoms with E-state index in [4.69, 9.17) is 9.47 Å². The van der Waals surface area contributed by atoms with E-state index in [0.29, 0.717) is 98.8 Å². The van der Waals surface area contributed by atoms with Gasteiger partial charge in [0.25, 0.3) is 0 Å². The molecule has 2 aliphatic carbocycles. The smallest absolute Gasteiger partial charge is 0.350 e. The first-order chi connectivity index (χ1) is 52.1. The van der Waals surface area contributed by atoms with Crippen LogP contribution in [0.2, 0.25) is 0 Å². The van der Waals surface area contributed by atoms with Gasteiger partial charge in [-0.3, -0.25) is 33.8 Å². The Hall–Kier alpha value is -7.45. The number of anilines is 3. The topological polar surface area (TPSA) is 230 Å². The quantitative estimate of drug-likeness (QED) is 0.0641. The molecule has 5 aliphatic rings. The summed E-state index contributed by atoms with van der Waals surface area (Å²) in [5, 5.41) is 13.3. The maximum atomic E-state index is 14.1. The Morgan fingerprint density at radius 2 is 0.784 bits per heavy atom. The molecule has 5 amide bonds. The Morgan fingerprint density at radius 1 is 0.459 bits per heavy atom. The number of likely N-dealkylation sites (tertiary alicyclic amines) is 3. The van der Waals surface area contributed by atoms with Crippen molar-refractivity contribution in [3.05, 3.63) is 67.8 Å². The number of thiophene rings is 4. The highest BCUT2D eigenvalue weighted by Gasteiger charge is 2.43. The number of carboxylic acids is 1. The molecule has 9 rings (SSSR count). The standard InChI is InChI=1S/C28H40N2O4S.C27H38N2O4S.C20H28N2O3S.C12H13BrO2S/c1-7-29-17-9-8-10-22(26(29)32)30(25(31)20-13-11-19(2)12-14-20)23-18-21(15-16-28(3,4)5)35-24(23)27(33)34-6;1-6-28-16-8-7-9-21(25(28)31)29(24(30)19-12-10-18(2)11-13-19)22-17-20(14-15-27(3,4)5)34-23(22)26(32)33;1-6-22-12-8-7-9-15(18(22)23)21-16-13-14(10-11-20(2,3)4)26-17(16)19(24)25-5;1-12(2,3)6-5-8-7-9(13)10(16-8)11(14)15-4/h18-20,22H,7-14,17H2,1-6H3;17-19,21H,6-13,16H2,1-5H3,(H,32,33);13,15,21H,6-9,12H2,1-5H3;7H,1-4H3/t19?,20?,22-;18?,19?,21-;15-;/m000./s1. The van der Waals surface area contributed by atoms with Crippen LogP contribution in [0.25, 0.3) is 0 Å². The number of hydrogen-bond donors (Lipinski definition) is 2. The van der Waals surface area contributed by atoms with Crippen LogP contribution in [-0.4, -0.2) is 152 Å². The van der Waals surface area contributed by atoms with Crippen molar-refractivity contribution in [2.45, 2.75) is 245 Å². The van der Waals surface area contributed by atoms with Gasteiger partial charge in [-0.2, -0.15) is 0 Å². The van der Waals surface area contributed by atoms with Gasteiger partial charge < -0.3 is 39.3 Å². The Kier molecular flexibility index (Phi) is 35.0. The fraction of sp³-hybridized carbons (Fsp3) is 0.621. The second kappa shape index (κ2) is 42.1. The van der Waals surface area contributed by atoms with Crippen LogP contribution in [0.4, 0.5) is 17.1 Å². The lowest BCUT2D eigenvalue weighted by atomic mass is 9.82. The second-order valence-electron chi connectivity index (χ2n) is 33.4. The lowest BCUT2D eigenvalue weighted by Gasteiger charge is -2.36. The Bertz CT molecular complexity index is 4190. The molecule has 4 aromatic rings. The molecule has 19 nitrogen and oxygen atoms in total. The summed E-state index contributed by atoms with van der Waals surface area (Å²) >= 11 is 8.28. The summed E-state index contributed by atoms with van der Waals surface area (Å²) in [5.74, 6) is 23.5. The molecule has 0 bridgehead atoms. The Labute approximate surface area is 685 Å². The van der Waals surface area contributed by atoms with Crippen LogP contribution in [0, 0.1) is 92.7 Å². The molecule has 3 aliphatic heterocycles.